The molecular formula is C12H13N3O2S2. The smallest absolute Gasteiger partial charge is 0.262 e. The second kappa shape index (κ2) is 4.64. The van der Waals surface area contributed by atoms with Crippen molar-refractivity contribution in [2.45, 2.75) is 24.4 Å². The molecular weight excluding hydrogens is 282 g/mol. The largest absolute Gasteiger partial charge is 0.369 e. The fourth-order valence-electron chi connectivity index (χ4n) is 2.37. The fourth-order valence-corrected chi connectivity index (χ4v) is 4.38. The van der Waals surface area contributed by atoms with Gasteiger partial charge < -0.3 is 5.73 Å². The monoisotopic (exact) mass is 295 g/mol. The lowest BCUT2D eigenvalue weighted by Crippen LogP contribution is -2.21. The number of carbonyl (C=O) groups excluding carboxylic acids is 1. The molecule has 7 heteroatoms. The zero-order valence-corrected chi connectivity index (χ0v) is 12.1. The van der Waals surface area contributed by atoms with Gasteiger partial charge in [0, 0.05) is 11.9 Å². The molecule has 1 aliphatic rings. The molecule has 19 heavy (non-hydrogen) atoms. The molecule has 0 saturated heterocycles. The molecule has 0 aromatic carbocycles. The summed E-state index contributed by atoms with van der Waals surface area (Å²) in [5.74, 6) is -0.273. The van der Waals surface area contributed by atoms with E-state index in [1.165, 1.54) is 26.8 Å². The number of hydrogen-bond donors (Lipinski definition) is 1. The van der Waals surface area contributed by atoms with Crippen LogP contribution in [0.25, 0.3) is 10.2 Å². The van der Waals surface area contributed by atoms with Gasteiger partial charge in [-0.3, -0.25) is 14.2 Å². The van der Waals surface area contributed by atoms with Crippen LogP contribution in [-0.4, -0.2) is 21.2 Å². The van der Waals surface area contributed by atoms with Crippen molar-refractivity contribution in [1.82, 2.24) is 9.55 Å². The molecule has 3 rings (SSSR count). The van der Waals surface area contributed by atoms with Gasteiger partial charge in [0.05, 0.1) is 11.1 Å². The molecule has 0 fully saturated rings. The van der Waals surface area contributed by atoms with Crippen LogP contribution >= 0.6 is 23.1 Å². The van der Waals surface area contributed by atoms with E-state index in [1.54, 1.807) is 18.4 Å². The quantitative estimate of drug-likeness (QED) is 0.678. The Morgan fingerprint density at radius 3 is 3.05 bits per heavy atom. The molecule has 5 nitrogen and oxygen atoms in total. The second-order valence-corrected chi connectivity index (χ2v) is 6.58. The Balaban J connectivity index is 2.15. The lowest BCUT2D eigenvalue weighted by molar-refractivity contribution is -0.115. The van der Waals surface area contributed by atoms with E-state index in [9.17, 15) is 9.59 Å². The van der Waals surface area contributed by atoms with Crippen LogP contribution in [0, 0.1) is 0 Å². The molecule has 0 bridgehead atoms. The summed E-state index contributed by atoms with van der Waals surface area (Å²) < 4.78 is 1.52. The van der Waals surface area contributed by atoms with E-state index in [0.29, 0.717) is 5.16 Å². The Bertz CT molecular complexity index is 733. The standard InChI is InChI=1S/C12H13N3O2S2/c1-15-11(17)9-6-3-2-4-7(6)19-10(9)14-12(15)18-5-8(13)16/h2-5H2,1H3,(H2,13,16). The third kappa shape index (κ3) is 2.06. The minimum Gasteiger partial charge on any atom is -0.369 e. The first-order valence-electron chi connectivity index (χ1n) is 6.00. The number of aryl methyl sites for hydroxylation is 2. The highest BCUT2D eigenvalue weighted by molar-refractivity contribution is 7.99. The highest BCUT2D eigenvalue weighted by Gasteiger charge is 2.22. The summed E-state index contributed by atoms with van der Waals surface area (Å²) in [6.45, 7) is 0. The molecule has 0 unspecified atom stereocenters. The lowest BCUT2D eigenvalue weighted by atomic mass is 10.2. The normalized spacial score (nSPS) is 13.9. The first kappa shape index (κ1) is 12.7. The second-order valence-electron chi connectivity index (χ2n) is 4.55. The molecule has 2 aromatic rings. The van der Waals surface area contributed by atoms with E-state index in [1.807, 2.05) is 0 Å². The van der Waals surface area contributed by atoms with Crippen molar-refractivity contribution in [3.63, 3.8) is 0 Å². The van der Waals surface area contributed by atoms with Gasteiger partial charge in [-0.25, -0.2) is 4.98 Å². The molecule has 2 aromatic heterocycles. The number of nitrogens with zero attached hydrogens (tertiary/aromatic N) is 2. The number of amides is 1. The number of thioether (sulfide) groups is 1. The first-order chi connectivity index (χ1) is 9.08. The van der Waals surface area contributed by atoms with Gasteiger partial charge >= 0.3 is 0 Å². The van der Waals surface area contributed by atoms with E-state index in [2.05, 4.69) is 4.98 Å². The van der Waals surface area contributed by atoms with Gasteiger partial charge in [-0.15, -0.1) is 11.3 Å². The number of hydrogen-bond acceptors (Lipinski definition) is 5. The van der Waals surface area contributed by atoms with Crippen molar-refractivity contribution in [3.05, 3.63) is 20.8 Å². The number of nitrogens with two attached hydrogens (primary N) is 1. The van der Waals surface area contributed by atoms with E-state index >= 15 is 0 Å². The predicted octanol–water partition coefficient (Wildman–Crippen LogP) is 1.06. The van der Waals surface area contributed by atoms with Crippen LogP contribution in [0.2, 0.25) is 0 Å². The van der Waals surface area contributed by atoms with Crippen LogP contribution in [0.4, 0.5) is 0 Å². The van der Waals surface area contributed by atoms with Crippen molar-refractivity contribution in [2.24, 2.45) is 12.8 Å². The third-order valence-corrected chi connectivity index (χ3v) is 5.49. The minimum atomic E-state index is -0.409. The van der Waals surface area contributed by atoms with Gasteiger partial charge in [0.15, 0.2) is 5.16 Å². The molecule has 2 N–H and O–H groups in total. The molecule has 0 spiro atoms. The Morgan fingerprint density at radius 1 is 1.53 bits per heavy atom. The highest BCUT2D eigenvalue weighted by atomic mass is 32.2. The van der Waals surface area contributed by atoms with Gasteiger partial charge in [0.25, 0.3) is 5.56 Å². The Morgan fingerprint density at radius 2 is 2.32 bits per heavy atom. The average molecular weight is 295 g/mol. The maximum Gasteiger partial charge on any atom is 0.262 e. The van der Waals surface area contributed by atoms with Gasteiger partial charge in [-0.05, 0) is 24.8 Å². The molecule has 0 aliphatic heterocycles. The number of primary amides is 1. The first-order valence-corrected chi connectivity index (χ1v) is 7.80. The highest BCUT2D eigenvalue weighted by Crippen LogP contribution is 2.35. The van der Waals surface area contributed by atoms with Crippen molar-refractivity contribution >= 4 is 39.2 Å². The van der Waals surface area contributed by atoms with E-state index in [4.69, 9.17) is 5.73 Å². The van der Waals surface area contributed by atoms with E-state index in [-0.39, 0.29) is 11.3 Å². The summed E-state index contributed by atoms with van der Waals surface area (Å²) in [6.07, 6.45) is 3.14. The molecule has 0 saturated carbocycles. The van der Waals surface area contributed by atoms with Crippen LogP contribution in [-0.2, 0) is 24.7 Å². The molecule has 2 heterocycles. The Kier molecular flexibility index (Phi) is 3.10. The van der Waals surface area contributed by atoms with Crippen molar-refractivity contribution in [1.29, 1.82) is 0 Å². The maximum atomic E-state index is 12.4. The third-order valence-electron chi connectivity index (χ3n) is 3.25. The van der Waals surface area contributed by atoms with Gasteiger partial charge in [0.2, 0.25) is 5.91 Å². The topological polar surface area (TPSA) is 78.0 Å². The Hall–Kier alpha value is -1.34. The lowest BCUT2D eigenvalue weighted by Gasteiger charge is -2.06. The summed E-state index contributed by atoms with van der Waals surface area (Å²) in [5.41, 5.74) is 6.29. The zero-order valence-electron chi connectivity index (χ0n) is 10.4. The van der Waals surface area contributed by atoms with Gasteiger partial charge in [-0.2, -0.15) is 0 Å². The molecule has 1 amide bonds. The van der Waals surface area contributed by atoms with Crippen LogP contribution in [0.5, 0.6) is 0 Å². The predicted molar refractivity (Wildman–Crippen MR) is 76.8 cm³/mol. The van der Waals surface area contributed by atoms with E-state index < -0.39 is 5.91 Å². The summed E-state index contributed by atoms with van der Waals surface area (Å²) in [7, 11) is 1.69. The minimum absolute atomic E-state index is 0.0172. The molecule has 0 radical (unpaired) electrons. The van der Waals surface area contributed by atoms with Crippen molar-refractivity contribution in [3.8, 4) is 0 Å². The van der Waals surface area contributed by atoms with Gasteiger partial charge in [0.1, 0.15) is 4.83 Å². The van der Waals surface area contributed by atoms with Crippen LogP contribution in [0.15, 0.2) is 9.95 Å². The number of thiophene rings is 1. The average Bonchev–Trinajstić information content (AvgIpc) is 2.91. The number of carbonyl (C=O) groups is 1. The SMILES string of the molecule is Cn1c(SCC(N)=O)nc2sc3c(c2c1=O)CCC3. The summed E-state index contributed by atoms with van der Waals surface area (Å²) in [6, 6.07) is 0. The van der Waals surface area contributed by atoms with Crippen molar-refractivity contribution in [2.75, 3.05) is 5.75 Å². The Labute approximate surface area is 117 Å². The van der Waals surface area contributed by atoms with Crippen LogP contribution in [0.1, 0.15) is 16.9 Å². The molecule has 0 atom stereocenters. The number of rotatable bonds is 3. The zero-order chi connectivity index (χ0) is 13.6. The summed E-state index contributed by atoms with van der Waals surface area (Å²) in [5, 5.41) is 1.32. The summed E-state index contributed by atoms with van der Waals surface area (Å²) in [4.78, 5) is 29.8. The van der Waals surface area contributed by atoms with Gasteiger partial charge in [-0.1, -0.05) is 11.8 Å². The molecule has 100 valence electrons. The summed E-state index contributed by atoms with van der Waals surface area (Å²) >= 11 is 2.81. The van der Waals surface area contributed by atoms with Crippen LogP contribution < -0.4 is 11.3 Å². The molecule has 1 aliphatic carbocycles. The number of aromatic nitrogens is 2. The van der Waals surface area contributed by atoms with E-state index in [0.717, 1.165) is 29.5 Å². The number of fused-ring (bicyclic) bond motifs is 3. The fraction of sp³-hybridized carbons (Fsp3) is 0.417. The van der Waals surface area contributed by atoms with Crippen molar-refractivity contribution < 1.29 is 4.79 Å². The maximum absolute atomic E-state index is 12.4. The van der Waals surface area contributed by atoms with Crippen LogP contribution in [0.3, 0.4) is 0 Å².